The number of rotatable bonds is 5. The molecule has 0 spiro atoms. The average molecular weight is 351 g/mol. The van der Waals surface area contributed by atoms with Crippen molar-refractivity contribution in [3.63, 3.8) is 0 Å². The fourth-order valence-corrected chi connectivity index (χ4v) is 3.77. The molecule has 1 unspecified atom stereocenters. The van der Waals surface area contributed by atoms with E-state index in [0.717, 1.165) is 20.6 Å². The zero-order valence-electron chi connectivity index (χ0n) is 13.6. The molecule has 2 N–H and O–H groups in total. The Labute approximate surface area is 148 Å². The summed E-state index contributed by atoms with van der Waals surface area (Å²) in [4.78, 5) is 8.87. The van der Waals surface area contributed by atoms with Gasteiger partial charge in [-0.3, -0.25) is 10.3 Å². The molecule has 2 aromatic carbocycles. The first-order valence-electron chi connectivity index (χ1n) is 7.93. The minimum Gasteiger partial charge on any atom is -0.505 e. The van der Waals surface area contributed by atoms with Gasteiger partial charge < -0.3 is 9.84 Å². The molecular formula is C19H17N3O2S. The topological polar surface area (TPSA) is 67.3 Å². The molecule has 126 valence electrons. The van der Waals surface area contributed by atoms with Crippen molar-refractivity contribution < 1.29 is 9.84 Å². The van der Waals surface area contributed by atoms with E-state index >= 15 is 0 Å². The first kappa shape index (κ1) is 16.0. The smallest absolute Gasteiger partial charge is 0.148 e. The fraction of sp³-hybridized carbons (Fsp3) is 0.158. The van der Waals surface area contributed by atoms with Gasteiger partial charge in [-0.25, -0.2) is 4.98 Å². The van der Waals surface area contributed by atoms with Gasteiger partial charge in [-0.1, -0.05) is 30.3 Å². The van der Waals surface area contributed by atoms with Crippen LogP contribution in [0.1, 0.15) is 16.8 Å². The van der Waals surface area contributed by atoms with E-state index in [9.17, 15) is 5.11 Å². The van der Waals surface area contributed by atoms with Crippen LogP contribution in [0.5, 0.6) is 5.75 Å². The van der Waals surface area contributed by atoms with E-state index in [2.05, 4.69) is 21.4 Å². The van der Waals surface area contributed by atoms with Crippen LogP contribution in [0.15, 0.2) is 54.7 Å². The van der Waals surface area contributed by atoms with Crippen LogP contribution >= 0.6 is 11.3 Å². The molecule has 4 aromatic rings. The Morgan fingerprint density at radius 2 is 2.04 bits per heavy atom. The Morgan fingerprint density at radius 3 is 2.88 bits per heavy atom. The largest absolute Gasteiger partial charge is 0.505 e. The van der Waals surface area contributed by atoms with Gasteiger partial charge in [0.2, 0.25) is 0 Å². The zero-order chi connectivity index (χ0) is 17.2. The van der Waals surface area contributed by atoms with E-state index in [1.165, 1.54) is 0 Å². The number of thiazole rings is 1. The molecule has 0 aliphatic carbocycles. The highest BCUT2D eigenvalue weighted by Crippen LogP contribution is 2.32. The van der Waals surface area contributed by atoms with Gasteiger partial charge in [-0.2, -0.15) is 0 Å². The number of phenols is 1. The molecule has 0 aliphatic heterocycles. The molecule has 2 heterocycles. The minimum absolute atomic E-state index is 0.141. The lowest BCUT2D eigenvalue weighted by atomic mass is 10.1. The van der Waals surface area contributed by atoms with Crippen molar-refractivity contribution in [1.82, 2.24) is 15.3 Å². The van der Waals surface area contributed by atoms with Crippen molar-refractivity contribution in [3.05, 3.63) is 65.3 Å². The van der Waals surface area contributed by atoms with Crippen molar-refractivity contribution in [2.75, 3.05) is 7.11 Å². The summed E-state index contributed by atoms with van der Waals surface area (Å²) in [6.45, 7) is 0.553. The molecule has 25 heavy (non-hydrogen) atoms. The van der Waals surface area contributed by atoms with Crippen molar-refractivity contribution >= 4 is 32.5 Å². The van der Waals surface area contributed by atoms with Crippen molar-refractivity contribution in [3.8, 4) is 5.75 Å². The molecule has 5 nitrogen and oxygen atoms in total. The molecule has 0 saturated heterocycles. The Morgan fingerprint density at radius 1 is 1.16 bits per heavy atom. The maximum Gasteiger partial charge on any atom is 0.148 e. The van der Waals surface area contributed by atoms with Crippen molar-refractivity contribution in [1.29, 1.82) is 0 Å². The molecular weight excluding hydrogens is 334 g/mol. The third kappa shape index (κ3) is 3.07. The standard InChI is InChI=1S/C19H17N3O2S/c1-24-19(13-9-8-12-5-4-10-20-17(12)18(13)23)21-11-16-22-14-6-2-3-7-15(14)25-16/h2-10,19,21,23H,11H2,1H3. The second-order valence-corrected chi connectivity index (χ2v) is 6.77. The maximum absolute atomic E-state index is 10.6. The number of aromatic hydroxyl groups is 1. The number of nitrogens with one attached hydrogen (secondary N) is 1. The van der Waals surface area contributed by atoms with Crippen LogP contribution in [0.3, 0.4) is 0 Å². The third-order valence-electron chi connectivity index (χ3n) is 4.07. The Hall–Kier alpha value is -2.54. The number of para-hydroxylation sites is 1. The summed E-state index contributed by atoms with van der Waals surface area (Å²) in [7, 11) is 1.61. The molecule has 4 rings (SSSR count). The molecule has 0 amide bonds. The van der Waals surface area contributed by atoms with E-state index in [1.807, 2.05) is 42.5 Å². The number of aromatic nitrogens is 2. The number of fused-ring (bicyclic) bond motifs is 2. The molecule has 0 aliphatic rings. The van der Waals surface area contributed by atoms with Crippen LogP contribution in [0.4, 0.5) is 0 Å². The highest BCUT2D eigenvalue weighted by atomic mass is 32.1. The van der Waals surface area contributed by atoms with Crippen molar-refractivity contribution in [2.24, 2.45) is 0 Å². The van der Waals surface area contributed by atoms with Crippen LogP contribution in [-0.2, 0) is 11.3 Å². The summed E-state index contributed by atoms with van der Waals surface area (Å²) in [6, 6.07) is 15.6. The van der Waals surface area contributed by atoms with Gasteiger partial charge in [0.1, 0.15) is 22.5 Å². The van der Waals surface area contributed by atoms with Crippen LogP contribution in [0.25, 0.3) is 21.1 Å². The van der Waals surface area contributed by atoms with Crippen LogP contribution in [0.2, 0.25) is 0 Å². The molecule has 0 fully saturated rings. The summed E-state index contributed by atoms with van der Waals surface area (Å²) in [5.41, 5.74) is 2.23. The lowest BCUT2D eigenvalue weighted by molar-refractivity contribution is 0.0702. The lowest BCUT2D eigenvalue weighted by Crippen LogP contribution is -2.22. The van der Waals surface area contributed by atoms with E-state index < -0.39 is 6.23 Å². The predicted molar refractivity (Wildman–Crippen MR) is 99.6 cm³/mol. The van der Waals surface area contributed by atoms with Gasteiger partial charge >= 0.3 is 0 Å². The lowest BCUT2D eigenvalue weighted by Gasteiger charge is -2.18. The number of nitrogens with zero attached hydrogens (tertiary/aromatic N) is 2. The zero-order valence-corrected chi connectivity index (χ0v) is 14.5. The monoisotopic (exact) mass is 351 g/mol. The van der Waals surface area contributed by atoms with Gasteiger partial charge in [0.05, 0.1) is 16.8 Å². The molecule has 0 saturated carbocycles. The molecule has 0 bridgehead atoms. The van der Waals surface area contributed by atoms with Crippen molar-refractivity contribution in [2.45, 2.75) is 12.8 Å². The second-order valence-electron chi connectivity index (χ2n) is 5.65. The van der Waals surface area contributed by atoms with Crippen LogP contribution < -0.4 is 5.32 Å². The number of methoxy groups -OCH3 is 1. The van der Waals surface area contributed by atoms with Crippen LogP contribution in [-0.4, -0.2) is 22.2 Å². The number of ether oxygens (including phenoxy) is 1. The number of hydrogen-bond acceptors (Lipinski definition) is 6. The molecule has 0 radical (unpaired) electrons. The first-order chi connectivity index (χ1) is 12.3. The molecule has 2 aromatic heterocycles. The summed E-state index contributed by atoms with van der Waals surface area (Å²) in [5.74, 6) is 0.141. The third-order valence-corrected chi connectivity index (χ3v) is 5.11. The van der Waals surface area contributed by atoms with E-state index in [4.69, 9.17) is 4.74 Å². The quantitative estimate of drug-likeness (QED) is 0.532. The highest BCUT2D eigenvalue weighted by molar-refractivity contribution is 7.18. The van der Waals surface area contributed by atoms with Gasteiger partial charge in [0, 0.05) is 24.3 Å². The molecule has 6 heteroatoms. The number of benzene rings is 2. The Bertz CT molecular complexity index is 998. The summed E-state index contributed by atoms with van der Waals surface area (Å²) >= 11 is 1.65. The Balaban J connectivity index is 1.59. The number of hydrogen-bond donors (Lipinski definition) is 2. The van der Waals surface area contributed by atoms with E-state index in [0.29, 0.717) is 17.6 Å². The van der Waals surface area contributed by atoms with Gasteiger partial charge in [-0.15, -0.1) is 11.3 Å². The number of pyridine rings is 1. The minimum atomic E-state index is -0.446. The normalized spacial score (nSPS) is 12.7. The van der Waals surface area contributed by atoms with Gasteiger partial charge in [0.15, 0.2) is 0 Å². The average Bonchev–Trinajstić information content (AvgIpc) is 3.07. The van der Waals surface area contributed by atoms with E-state index in [1.54, 1.807) is 24.6 Å². The van der Waals surface area contributed by atoms with E-state index in [-0.39, 0.29) is 5.75 Å². The van der Waals surface area contributed by atoms with Gasteiger partial charge in [0.25, 0.3) is 0 Å². The van der Waals surface area contributed by atoms with Gasteiger partial charge in [-0.05, 0) is 18.2 Å². The summed E-state index contributed by atoms with van der Waals surface area (Å²) in [5, 5.41) is 15.7. The SMILES string of the molecule is COC(NCc1nc2ccccc2s1)c1ccc2cccnc2c1O. The first-order valence-corrected chi connectivity index (χ1v) is 8.75. The number of phenolic OH excluding ortho intramolecular Hbond substituents is 1. The summed E-state index contributed by atoms with van der Waals surface area (Å²) in [6.07, 6.45) is 1.22. The predicted octanol–water partition coefficient (Wildman–Crippen LogP) is 3.98. The maximum atomic E-state index is 10.6. The Kier molecular flexibility index (Phi) is 4.31. The highest BCUT2D eigenvalue weighted by Gasteiger charge is 2.17. The second kappa shape index (κ2) is 6.76. The molecule has 1 atom stereocenters. The van der Waals surface area contributed by atoms with Crippen LogP contribution in [0, 0.1) is 0 Å². The summed E-state index contributed by atoms with van der Waals surface area (Å²) < 4.78 is 6.70. The fourth-order valence-electron chi connectivity index (χ4n) is 2.85.